The van der Waals surface area contributed by atoms with E-state index in [1.54, 1.807) is 0 Å². The second kappa shape index (κ2) is 4.07. The molecule has 0 heterocycles. The molecule has 0 amide bonds. The quantitative estimate of drug-likeness (QED) is 0.658. The Labute approximate surface area is 68.6 Å². The van der Waals surface area contributed by atoms with Gasteiger partial charge in [0.15, 0.2) is 0 Å². The summed E-state index contributed by atoms with van der Waals surface area (Å²) in [6, 6.07) is 0. The van der Waals surface area contributed by atoms with Gasteiger partial charge in [0, 0.05) is 0 Å². The Balaban J connectivity index is 2.29. The van der Waals surface area contributed by atoms with Crippen molar-refractivity contribution in [2.24, 2.45) is 0 Å². The van der Waals surface area contributed by atoms with Crippen LogP contribution >= 0.6 is 0 Å². The Morgan fingerprint density at radius 2 is 2.27 bits per heavy atom. The number of ether oxygens (including phenoxy) is 1. The zero-order valence-corrected chi connectivity index (χ0v) is 7.29. The van der Waals surface area contributed by atoms with Crippen molar-refractivity contribution in [2.75, 3.05) is 0 Å². The molecule has 0 spiro atoms. The largest absolute Gasteiger partial charge is 0.390 e. The van der Waals surface area contributed by atoms with E-state index >= 15 is 0 Å². The maximum atomic E-state index is 9.44. The third-order valence-electron chi connectivity index (χ3n) is 1.93. The Morgan fingerprint density at radius 3 is 2.82 bits per heavy atom. The van der Waals surface area contributed by atoms with E-state index in [9.17, 15) is 5.11 Å². The predicted molar refractivity (Wildman–Crippen MR) is 44.2 cm³/mol. The van der Waals surface area contributed by atoms with Gasteiger partial charge in [-0.05, 0) is 33.1 Å². The van der Waals surface area contributed by atoms with Crippen LogP contribution in [0.15, 0.2) is 0 Å². The molecule has 1 radical (unpaired) electrons. The van der Waals surface area contributed by atoms with Crippen LogP contribution in [0, 0.1) is 6.42 Å². The lowest BCUT2D eigenvalue weighted by Gasteiger charge is -2.28. The zero-order chi connectivity index (χ0) is 8.27. The van der Waals surface area contributed by atoms with Gasteiger partial charge in [0.25, 0.3) is 0 Å². The molecule has 11 heavy (non-hydrogen) atoms. The summed E-state index contributed by atoms with van der Waals surface area (Å²) in [5, 5.41) is 9.44. The minimum absolute atomic E-state index is 0.0451. The van der Waals surface area contributed by atoms with Gasteiger partial charge in [0.1, 0.15) is 0 Å². The lowest BCUT2D eigenvalue weighted by molar-refractivity contribution is -0.0664. The number of aliphatic hydroxyl groups excluding tert-OH is 1. The van der Waals surface area contributed by atoms with E-state index in [0.717, 1.165) is 19.3 Å². The van der Waals surface area contributed by atoms with Crippen LogP contribution in [0.1, 0.15) is 33.1 Å². The number of hydrogen-bond donors (Lipinski definition) is 1. The van der Waals surface area contributed by atoms with Gasteiger partial charge in [0.05, 0.1) is 18.3 Å². The monoisotopic (exact) mass is 157 g/mol. The Hall–Kier alpha value is -0.0800. The molecule has 0 aliphatic heterocycles. The molecule has 1 aliphatic rings. The zero-order valence-electron chi connectivity index (χ0n) is 7.29. The average Bonchev–Trinajstić information content (AvgIpc) is 1.93. The SMILES string of the molecule is CC(C)OC1CCC[CH]C1O. The summed E-state index contributed by atoms with van der Waals surface area (Å²) in [7, 11) is 0. The van der Waals surface area contributed by atoms with E-state index in [2.05, 4.69) is 0 Å². The first-order valence-corrected chi connectivity index (χ1v) is 4.37. The van der Waals surface area contributed by atoms with Crippen molar-refractivity contribution in [2.45, 2.75) is 51.4 Å². The molecule has 0 aromatic heterocycles. The molecular formula is C9H17O2. The molecule has 0 saturated heterocycles. The van der Waals surface area contributed by atoms with Gasteiger partial charge in [-0.15, -0.1) is 0 Å². The number of hydrogen-bond acceptors (Lipinski definition) is 2. The van der Waals surface area contributed by atoms with Crippen LogP contribution in [0.5, 0.6) is 0 Å². The highest BCUT2D eigenvalue weighted by Gasteiger charge is 2.24. The third kappa shape index (κ3) is 2.80. The first-order valence-electron chi connectivity index (χ1n) is 4.37. The van der Waals surface area contributed by atoms with E-state index in [-0.39, 0.29) is 18.3 Å². The van der Waals surface area contributed by atoms with Crippen LogP contribution in [-0.4, -0.2) is 23.4 Å². The lowest BCUT2D eigenvalue weighted by atomic mass is 9.95. The molecule has 0 aromatic rings. The molecule has 65 valence electrons. The summed E-state index contributed by atoms with van der Waals surface area (Å²) >= 11 is 0. The van der Waals surface area contributed by atoms with Gasteiger partial charge in [0.2, 0.25) is 0 Å². The van der Waals surface area contributed by atoms with Gasteiger partial charge < -0.3 is 9.84 Å². The van der Waals surface area contributed by atoms with E-state index in [4.69, 9.17) is 4.74 Å². The molecule has 0 bridgehead atoms. The first kappa shape index (κ1) is 9.01. The van der Waals surface area contributed by atoms with Crippen LogP contribution in [0.4, 0.5) is 0 Å². The summed E-state index contributed by atoms with van der Waals surface area (Å²) in [5.41, 5.74) is 0. The smallest absolute Gasteiger partial charge is 0.0840 e. The molecule has 2 atom stereocenters. The normalized spacial score (nSPS) is 32.7. The summed E-state index contributed by atoms with van der Waals surface area (Å²) in [4.78, 5) is 0. The molecule has 0 aromatic carbocycles. The van der Waals surface area contributed by atoms with Crippen molar-refractivity contribution in [3.8, 4) is 0 Å². The fourth-order valence-corrected chi connectivity index (χ4v) is 1.43. The van der Waals surface area contributed by atoms with E-state index < -0.39 is 0 Å². The van der Waals surface area contributed by atoms with E-state index in [0.29, 0.717) is 0 Å². The van der Waals surface area contributed by atoms with Gasteiger partial charge >= 0.3 is 0 Å². The van der Waals surface area contributed by atoms with Gasteiger partial charge in [-0.1, -0.05) is 6.42 Å². The maximum absolute atomic E-state index is 9.44. The Bertz CT molecular complexity index is 112. The number of rotatable bonds is 2. The van der Waals surface area contributed by atoms with Crippen molar-refractivity contribution in [1.29, 1.82) is 0 Å². The van der Waals surface area contributed by atoms with Crippen molar-refractivity contribution < 1.29 is 9.84 Å². The predicted octanol–water partition coefficient (Wildman–Crippen LogP) is 1.53. The summed E-state index contributed by atoms with van der Waals surface area (Å²) < 4.78 is 5.52. The number of aliphatic hydroxyl groups is 1. The standard InChI is InChI=1S/C9H17O2/c1-7(2)11-9-6-4-3-5-8(9)10/h5,7-10H,3-4,6H2,1-2H3. The molecule has 1 rings (SSSR count). The molecular weight excluding hydrogens is 140 g/mol. The van der Waals surface area contributed by atoms with Crippen molar-refractivity contribution >= 4 is 0 Å². The third-order valence-corrected chi connectivity index (χ3v) is 1.93. The van der Waals surface area contributed by atoms with Crippen molar-refractivity contribution in [3.05, 3.63) is 6.42 Å². The van der Waals surface area contributed by atoms with Crippen LogP contribution in [0.25, 0.3) is 0 Å². The van der Waals surface area contributed by atoms with Crippen LogP contribution in [0.3, 0.4) is 0 Å². The minimum Gasteiger partial charge on any atom is -0.390 e. The first-order chi connectivity index (χ1) is 5.20. The summed E-state index contributed by atoms with van der Waals surface area (Å²) in [5.74, 6) is 0. The lowest BCUT2D eigenvalue weighted by Crippen LogP contribution is -2.34. The molecule has 1 N–H and O–H groups in total. The average molecular weight is 157 g/mol. The maximum Gasteiger partial charge on any atom is 0.0840 e. The molecule has 2 heteroatoms. The highest BCUT2D eigenvalue weighted by molar-refractivity contribution is 4.88. The fourth-order valence-electron chi connectivity index (χ4n) is 1.43. The Morgan fingerprint density at radius 1 is 1.55 bits per heavy atom. The van der Waals surface area contributed by atoms with Crippen LogP contribution < -0.4 is 0 Å². The highest BCUT2D eigenvalue weighted by Crippen LogP contribution is 2.21. The van der Waals surface area contributed by atoms with Gasteiger partial charge in [-0.2, -0.15) is 0 Å². The van der Waals surface area contributed by atoms with Gasteiger partial charge in [-0.3, -0.25) is 0 Å². The summed E-state index contributed by atoms with van der Waals surface area (Å²) in [6.07, 6.45) is 5.04. The molecule has 1 fully saturated rings. The minimum atomic E-state index is -0.342. The van der Waals surface area contributed by atoms with Crippen molar-refractivity contribution in [3.63, 3.8) is 0 Å². The van der Waals surface area contributed by atoms with Gasteiger partial charge in [-0.25, -0.2) is 0 Å². The molecule has 1 aliphatic carbocycles. The topological polar surface area (TPSA) is 29.5 Å². The van der Waals surface area contributed by atoms with Crippen LogP contribution in [-0.2, 0) is 4.74 Å². The van der Waals surface area contributed by atoms with E-state index in [1.165, 1.54) is 0 Å². The van der Waals surface area contributed by atoms with Crippen LogP contribution in [0.2, 0.25) is 0 Å². The molecule has 2 unspecified atom stereocenters. The molecule has 2 nitrogen and oxygen atoms in total. The summed E-state index contributed by atoms with van der Waals surface area (Å²) in [6.45, 7) is 4.00. The Kier molecular flexibility index (Phi) is 3.34. The molecule has 1 saturated carbocycles. The van der Waals surface area contributed by atoms with Crippen molar-refractivity contribution in [1.82, 2.24) is 0 Å². The highest BCUT2D eigenvalue weighted by atomic mass is 16.5. The van der Waals surface area contributed by atoms with E-state index in [1.807, 2.05) is 20.3 Å². The second-order valence-electron chi connectivity index (χ2n) is 3.38. The second-order valence-corrected chi connectivity index (χ2v) is 3.38. The fraction of sp³-hybridized carbons (Fsp3) is 0.889.